The summed E-state index contributed by atoms with van der Waals surface area (Å²) in [6.45, 7) is 2.12. The molecule has 0 spiro atoms. The zero-order valence-electron chi connectivity index (χ0n) is 12.1. The second kappa shape index (κ2) is 5.92. The number of allylic oxidation sites excluding steroid dienone is 2. The van der Waals surface area contributed by atoms with Gasteiger partial charge >= 0.3 is 0 Å². The molecule has 1 unspecified atom stereocenters. The number of carbonyl (C=O) groups excluding carboxylic acids is 1. The van der Waals surface area contributed by atoms with E-state index in [0.29, 0.717) is 0 Å². The highest BCUT2D eigenvalue weighted by atomic mass is 16.1. The van der Waals surface area contributed by atoms with Crippen LogP contribution < -0.4 is 0 Å². The van der Waals surface area contributed by atoms with Crippen molar-refractivity contribution in [3.8, 4) is 0 Å². The van der Waals surface area contributed by atoms with E-state index in [1.807, 2.05) is 72.8 Å². The summed E-state index contributed by atoms with van der Waals surface area (Å²) in [5.74, 6) is 0.475. The normalized spacial score (nSPS) is 22.1. The second-order valence-corrected chi connectivity index (χ2v) is 5.52. The summed E-state index contributed by atoms with van der Waals surface area (Å²) in [4.78, 5) is 12.6. The van der Waals surface area contributed by atoms with Gasteiger partial charge in [-0.05, 0) is 35.6 Å². The third kappa shape index (κ3) is 3.03. The summed E-state index contributed by atoms with van der Waals surface area (Å²) in [5.41, 5.74) is 4.02. The van der Waals surface area contributed by atoms with Gasteiger partial charge in [-0.15, -0.1) is 0 Å². The maximum absolute atomic E-state index is 12.6. The van der Waals surface area contributed by atoms with Gasteiger partial charge in [0.25, 0.3) is 0 Å². The van der Waals surface area contributed by atoms with E-state index in [0.717, 1.165) is 28.7 Å². The van der Waals surface area contributed by atoms with Gasteiger partial charge in [0, 0.05) is 11.1 Å². The highest BCUT2D eigenvalue weighted by Crippen LogP contribution is 2.34. The lowest BCUT2D eigenvalue weighted by molar-refractivity contribution is -0.111. The molecule has 104 valence electrons. The molecule has 3 rings (SSSR count). The van der Waals surface area contributed by atoms with Crippen LogP contribution in [0.1, 0.15) is 24.5 Å². The van der Waals surface area contributed by atoms with E-state index in [4.69, 9.17) is 0 Å². The number of carbonyl (C=O) groups is 1. The quantitative estimate of drug-likeness (QED) is 0.721. The van der Waals surface area contributed by atoms with Crippen molar-refractivity contribution in [1.82, 2.24) is 0 Å². The molecule has 1 aliphatic carbocycles. The maximum Gasteiger partial charge on any atom is 0.185 e. The van der Waals surface area contributed by atoms with Crippen molar-refractivity contribution in [1.29, 1.82) is 0 Å². The Hall–Kier alpha value is -2.41. The van der Waals surface area contributed by atoms with Crippen molar-refractivity contribution in [2.75, 3.05) is 0 Å². The van der Waals surface area contributed by atoms with Gasteiger partial charge in [0.15, 0.2) is 5.78 Å². The summed E-state index contributed by atoms with van der Waals surface area (Å²) in [5, 5.41) is 0. The predicted molar refractivity (Wildman–Crippen MR) is 87.6 cm³/mol. The fraction of sp³-hybridized carbons (Fsp3) is 0.150. The summed E-state index contributed by atoms with van der Waals surface area (Å²) in [6.07, 6.45) is 4.87. The average Bonchev–Trinajstić information content (AvgIpc) is 2.77. The predicted octanol–water partition coefficient (Wildman–Crippen LogP) is 4.76. The molecule has 21 heavy (non-hydrogen) atoms. The van der Waals surface area contributed by atoms with Crippen LogP contribution in [0.3, 0.4) is 0 Å². The SMILES string of the molecule is CC1CC(=Cc2ccccc2)C(=O)C1=Cc1ccccc1. The number of Topliss-reactive ketones (excluding diaryl/α,β-unsaturated/α-hetero) is 1. The molecule has 2 aromatic carbocycles. The molecule has 0 heterocycles. The van der Waals surface area contributed by atoms with Crippen molar-refractivity contribution in [2.24, 2.45) is 5.92 Å². The summed E-state index contributed by atoms with van der Waals surface area (Å²) in [6, 6.07) is 20.1. The highest BCUT2D eigenvalue weighted by Gasteiger charge is 2.29. The van der Waals surface area contributed by atoms with Crippen LogP contribution in [0.4, 0.5) is 0 Å². The number of rotatable bonds is 2. The van der Waals surface area contributed by atoms with Gasteiger partial charge < -0.3 is 0 Å². The number of benzene rings is 2. The number of hydrogen-bond acceptors (Lipinski definition) is 1. The smallest absolute Gasteiger partial charge is 0.185 e. The molecule has 1 fully saturated rings. The molecule has 0 aromatic heterocycles. The van der Waals surface area contributed by atoms with Gasteiger partial charge in [0.1, 0.15) is 0 Å². The Morgan fingerprint density at radius 1 is 0.857 bits per heavy atom. The molecule has 1 aliphatic rings. The van der Waals surface area contributed by atoms with Crippen LogP contribution in [-0.4, -0.2) is 5.78 Å². The number of ketones is 1. The second-order valence-electron chi connectivity index (χ2n) is 5.52. The standard InChI is InChI=1S/C20H18O/c1-15-12-18(13-16-8-4-2-5-9-16)20(21)19(15)14-17-10-6-3-7-11-17/h2-11,13-15H,12H2,1H3. The van der Waals surface area contributed by atoms with Gasteiger partial charge in [-0.1, -0.05) is 67.6 Å². The van der Waals surface area contributed by atoms with Crippen LogP contribution in [-0.2, 0) is 4.79 Å². The molecule has 0 aliphatic heterocycles. The summed E-state index contributed by atoms with van der Waals surface area (Å²) >= 11 is 0. The molecule has 0 N–H and O–H groups in total. The van der Waals surface area contributed by atoms with Crippen molar-refractivity contribution in [3.63, 3.8) is 0 Å². The van der Waals surface area contributed by atoms with Crippen molar-refractivity contribution in [2.45, 2.75) is 13.3 Å². The molecule has 1 heteroatoms. The minimum atomic E-state index is 0.190. The first-order chi connectivity index (χ1) is 10.2. The van der Waals surface area contributed by atoms with Gasteiger partial charge in [-0.25, -0.2) is 0 Å². The minimum Gasteiger partial charge on any atom is -0.289 e. The molecular formula is C20H18O. The summed E-state index contributed by atoms with van der Waals surface area (Å²) < 4.78 is 0. The fourth-order valence-corrected chi connectivity index (χ4v) is 2.75. The Labute approximate surface area is 125 Å². The van der Waals surface area contributed by atoms with Gasteiger partial charge in [0.05, 0.1) is 0 Å². The van der Waals surface area contributed by atoms with E-state index in [-0.39, 0.29) is 11.7 Å². The average molecular weight is 274 g/mol. The van der Waals surface area contributed by atoms with Crippen LogP contribution in [0.25, 0.3) is 12.2 Å². The first-order valence-corrected chi connectivity index (χ1v) is 7.31. The third-order valence-electron chi connectivity index (χ3n) is 3.87. The first kappa shape index (κ1) is 13.6. The van der Waals surface area contributed by atoms with Crippen LogP contribution >= 0.6 is 0 Å². The zero-order valence-corrected chi connectivity index (χ0v) is 12.1. The van der Waals surface area contributed by atoms with E-state index in [1.165, 1.54) is 0 Å². The third-order valence-corrected chi connectivity index (χ3v) is 3.87. The molecular weight excluding hydrogens is 256 g/mol. The highest BCUT2D eigenvalue weighted by molar-refractivity contribution is 6.16. The summed E-state index contributed by atoms with van der Waals surface area (Å²) in [7, 11) is 0. The molecule has 0 amide bonds. The Morgan fingerprint density at radius 2 is 1.38 bits per heavy atom. The van der Waals surface area contributed by atoms with Crippen molar-refractivity contribution >= 4 is 17.9 Å². The molecule has 2 aromatic rings. The molecule has 1 saturated carbocycles. The lowest BCUT2D eigenvalue weighted by atomic mass is 10.0. The van der Waals surface area contributed by atoms with Crippen molar-refractivity contribution < 1.29 is 4.79 Å². The van der Waals surface area contributed by atoms with E-state index in [2.05, 4.69) is 6.92 Å². The zero-order chi connectivity index (χ0) is 14.7. The van der Waals surface area contributed by atoms with Crippen LogP contribution in [0.5, 0.6) is 0 Å². The first-order valence-electron chi connectivity index (χ1n) is 7.31. The van der Waals surface area contributed by atoms with Gasteiger partial charge in [-0.3, -0.25) is 4.79 Å². The number of hydrogen-bond donors (Lipinski definition) is 0. The topological polar surface area (TPSA) is 17.1 Å². The maximum atomic E-state index is 12.6. The van der Waals surface area contributed by atoms with Crippen LogP contribution in [0, 0.1) is 5.92 Å². The van der Waals surface area contributed by atoms with Gasteiger partial charge in [-0.2, -0.15) is 0 Å². The van der Waals surface area contributed by atoms with E-state index in [1.54, 1.807) is 0 Å². The lowest BCUT2D eigenvalue weighted by Crippen LogP contribution is -1.98. The largest absolute Gasteiger partial charge is 0.289 e. The van der Waals surface area contributed by atoms with E-state index in [9.17, 15) is 4.79 Å². The van der Waals surface area contributed by atoms with Crippen molar-refractivity contribution in [3.05, 3.63) is 82.9 Å². The lowest BCUT2D eigenvalue weighted by Gasteiger charge is -2.01. The van der Waals surface area contributed by atoms with Crippen LogP contribution in [0.2, 0.25) is 0 Å². The Morgan fingerprint density at radius 3 is 1.95 bits per heavy atom. The Kier molecular flexibility index (Phi) is 3.83. The molecule has 0 bridgehead atoms. The fourth-order valence-electron chi connectivity index (χ4n) is 2.75. The molecule has 0 saturated heterocycles. The minimum absolute atomic E-state index is 0.190. The van der Waals surface area contributed by atoms with E-state index >= 15 is 0 Å². The van der Waals surface area contributed by atoms with E-state index < -0.39 is 0 Å². The molecule has 1 atom stereocenters. The Bertz CT molecular complexity index is 693. The Balaban J connectivity index is 1.91. The van der Waals surface area contributed by atoms with Crippen LogP contribution in [0.15, 0.2) is 71.8 Å². The molecule has 0 radical (unpaired) electrons. The molecule has 1 nitrogen and oxygen atoms in total. The van der Waals surface area contributed by atoms with Gasteiger partial charge in [0.2, 0.25) is 0 Å². The monoisotopic (exact) mass is 274 g/mol.